The topological polar surface area (TPSA) is 79.2 Å². The molecule has 1 fully saturated rings. The zero-order chi connectivity index (χ0) is 13.9. The molecule has 5 heteroatoms. The molecule has 106 valence electrons. The van der Waals surface area contributed by atoms with Gasteiger partial charge in [-0.2, -0.15) is 0 Å². The standard InChI is InChI=1S/C14H20O5/c1-2-14(17)13(16)12(15)11(19-14)9-18-8-10-6-4-3-5-7-10/h3-7,11-13,15-17H,2,8-9H2,1H3/t11-,12+,13-,14?/m1/s1. The molecule has 0 amide bonds. The summed E-state index contributed by atoms with van der Waals surface area (Å²) in [5.41, 5.74) is 1.02. The number of hydrogen-bond donors (Lipinski definition) is 3. The second-order valence-electron chi connectivity index (χ2n) is 4.79. The quantitative estimate of drug-likeness (QED) is 0.721. The lowest BCUT2D eigenvalue weighted by molar-refractivity contribution is -0.233. The highest BCUT2D eigenvalue weighted by atomic mass is 16.7. The van der Waals surface area contributed by atoms with E-state index >= 15 is 0 Å². The van der Waals surface area contributed by atoms with Crippen molar-refractivity contribution < 1.29 is 24.8 Å². The van der Waals surface area contributed by atoms with E-state index in [1.807, 2.05) is 30.3 Å². The van der Waals surface area contributed by atoms with E-state index in [4.69, 9.17) is 9.47 Å². The van der Waals surface area contributed by atoms with Crippen LogP contribution in [-0.2, 0) is 16.1 Å². The van der Waals surface area contributed by atoms with Crippen molar-refractivity contribution in [3.8, 4) is 0 Å². The second kappa shape index (κ2) is 5.98. The lowest BCUT2D eigenvalue weighted by Gasteiger charge is -2.23. The zero-order valence-corrected chi connectivity index (χ0v) is 10.9. The number of ether oxygens (including phenoxy) is 2. The van der Waals surface area contributed by atoms with Crippen LogP contribution in [0.2, 0.25) is 0 Å². The Morgan fingerprint density at radius 3 is 2.53 bits per heavy atom. The van der Waals surface area contributed by atoms with E-state index in [0.29, 0.717) is 6.61 Å². The summed E-state index contributed by atoms with van der Waals surface area (Å²) >= 11 is 0. The van der Waals surface area contributed by atoms with Crippen LogP contribution in [0.4, 0.5) is 0 Å². The normalized spacial score (nSPS) is 34.6. The zero-order valence-electron chi connectivity index (χ0n) is 10.9. The molecular formula is C14H20O5. The molecule has 0 aliphatic carbocycles. The van der Waals surface area contributed by atoms with Crippen LogP contribution in [0.25, 0.3) is 0 Å². The average Bonchev–Trinajstić information content (AvgIpc) is 2.65. The van der Waals surface area contributed by atoms with Crippen LogP contribution in [0.3, 0.4) is 0 Å². The monoisotopic (exact) mass is 268 g/mol. The molecule has 1 aromatic rings. The van der Waals surface area contributed by atoms with Crippen LogP contribution in [0.15, 0.2) is 30.3 Å². The first kappa shape index (κ1) is 14.4. The fourth-order valence-corrected chi connectivity index (χ4v) is 2.16. The molecule has 1 saturated heterocycles. The molecule has 0 spiro atoms. The lowest BCUT2D eigenvalue weighted by Crippen LogP contribution is -2.42. The molecule has 0 saturated carbocycles. The van der Waals surface area contributed by atoms with E-state index in [1.54, 1.807) is 6.92 Å². The highest BCUT2D eigenvalue weighted by Gasteiger charge is 2.52. The third-order valence-electron chi connectivity index (χ3n) is 3.42. The van der Waals surface area contributed by atoms with Gasteiger partial charge in [0.25, 0.3) is 0 Å². The molecule has 19 heavy (non-hydrogen) atoms. The van der Waals surface area contributed by atoms with E-state index in [2.05, 4.69) is 0 Å². The Morgan fingerprint density at radius 1 is 1.26 bits per heavy atom. The van der Waals surface area contributed by atoms with Crippen LogP contribution in [0.1, 0.15) is 18.9 Å². The second-order valence-corrected chi connectivity index (χ2v) is 4.79. The Hall–Kier alpha value is -0.980. The highest BCUT2D eigenvalue weighted by Crippen LogP contribution is 2.31. The molecule has 1 unspecified atom stereocenters. The Balaban J connectivity index is 1.84. The van der Waals surface area contributed by atoms with Gasteiger partial charge in [-0.1, -0.05) is 37.3 Å². The van der Waals surface area contributed by atoms with Crippen molar-refractivity contribution in [2.24, 2.45) is 0 Å². The van der Waals surface area contributed by atoms with Crippen LogP contribution in [0.5, 0.6) is 0 Å². The van der Waals surface area contributed by atoms with Gasteiger partial charge in [0.2, 0.25) is 0 Å². The first-order chi connectivity index (χ1) is 9.07. The number of benzene rings is 1. The molecule has 1 aliphatic rings. The first-order valence-electron chi connectivity index (χ1n) is 6.45. The van der Waals surface area contributed by atoms with Crippen molar-refractivity contribution in [1.82, 2.24) is 0 Å². The van der Waals surface area contributed by atoms with Gasteiger partial charge < -0.3 is 24.8 Å². The summed E-state index contributed by atoms with van der Waals surface area (Å²) in [5.74, 6) is -1.68. The van der Waals surface area contributed by atoms with Gasteiger partial charge >= 0.3 is 0 Å². The SMILES string of the molecule is CCC1(O)O[C@H](COCc2ccccc2)[C@H](O)[C@H]1O. The predicted octanol–water partition coefficient (Wildman–Crippen LogP) is 0.422. The van der Waals surface area contributed by atoms with Gasteiger partial charge in [0.1, 0.15) is 18.3 Å². The van der Waals surface area contributed by atoms with Gasteiger partial charge in [0.05, 0.1) is 13.2 Å². The maximum Gasteiger partial charge on any atom is 0.194 e. The maximum atomic E-state index is 9.94. The summed E-state index contributed by atoms with van der Waals surface area (Å²) in [6, 6.07) is 9.62. The van der Waals surface area contributed by atoms with E-state index in [-0.39, 0.29) is 13.0 Å². The largest absolute Gasteiger partial charge is 0.387 e. The van der Waals surface area contributed by atoms with Crippen molar-refractivity contribution in [3.05, 3.63) is 35.9 Å². The number of hydrogen-bond acceptors (Lipinski definition) is 5. The summed E-state index contributed by atoms with van der Waals surface area (Å²) in [4.78, 5) is 0. The molecule has 0 aromatic heterocycles. The average molecular weight is 268 g/mol. The number of aliphatic hydroxyl groups is 3. The first-order valence-corrected chi connectivity index (χ1v) is 6.45. The van der Waals surface area contributed by atoms with E-state index < -0.39 is 24.1 Å². The summed E-state index contributed by atoms with van der Waals surface area (Å²) in [5, 5.41) is 29.5. The Labute approximate surface area is 112 Å². The van der Waals surface area contributed by atoms with Crippen LogP contribution >= 0.6 is 0 Å². The molecule has 3 N–H and O–H groups in total. The van der Waals surface area contributed by atoms with Crippen molar-refractivity contribution >= 4 is 0 Å². The molecule has 1 heterocycles. The third-order valence-corrected chi connectivity index (χ3v) is 3.42. The van der Waals surface area contributed by atoms with Crippen LogP contribution < -0.4 is 0 Å². The number of aliphatic hydroxyl groups excluding tert-OH is 2. The van der Waals surface area contributed by atoms with Crippen LogP contribution in [0, 0.1) is 0 Å². The minimum absolute atomic E-state index is 0.120. The molecule has 4 atom stereocenters. The van der Waals surface area contributed by atoms with Crippen molar-refractivity contribution in [1.29, 1.82) is 0 Å². The molecule has 0 bridgehead atoms. The predicted molar refractivity (Wildman–Crippen MR) is 68.2 cm³/mol. The van der Waals surface area contributed by atoms with Gasteiger partial charge in [-0.15, -0.1) is 0 Å². The Bertz CT molecular complexity index is 396. The molecule has 0 radical (unpaired) electrons. The van der Waals surface area contributed by atoms with Crippen LogP contribution in [-0.4, -0.2) is 46.0 Å². The van der Waals surface area contributed by atoms with E-state index in [0.717, 1.165) is 5.56 Å². The van der Waals surface area contributed by atoms with Gasteiger partial charge in [-0.05, 0) is 5.56 Å². The summed E-state index contributed by atoms with van der Waals surface area (Å²) in [6.07, 6.45) is -2.95. The Kier molecular flexibility index (Phi) is 4.54. The van der Waals surface area contributed by atoms with E-state index in [1.165, 1.54) is 0 Å². The van der Waals surface area contributed by atoms with E-state index in [9.17, 15) is 15.3 Å². The summed E-state index contributed by atoms with van der Waals surface area (Å²) in [6.45, 7) is 2.20. The number of rotatable bonds is 5. The maximum absolute atomic E-state index is 9.94. The molecule has 1 aliphatic heterocycles. The Morgan fingerprint density at radius 2 is 1.95 bits per heavy atom. The minimum atomic E-state index is -1.68. The molecular weight excluding hydrogens is 248 g/mol. The minimum Gasteiger partial charge on any atom is -0.387 e. The van der Waals surface area contributed by atoms with Crippen molar-refractivity contribution in [3.63, 3.8) is 0 Å². The highest BCUT2D eigenvalue weighted by molar-refractivity contribution is 5.13. The lowest BCUT2D eigenvalue weighted by atomic mass is 10.0. The molecule has 2 rings (SSSR count). The summed E-state index contributed by atoms with van der Waals surface area (Å²) in [7, 11) is 0. The van der Waals surface area contributed by atoms with Gasteiger partial charge in [-0.25, -0.2) is 0 Å². The van der Waals surface area contributed by atoms with Crippen molar-refractivity contribution in [2.75, 3.05) is 6.61 Å². The fourth-order valence-electron chi connectivity index (χ4n) is 2.16. The van der Waals surface area contributed by atoms with Gasteiger partial charge in [0, 0.05) is 6.42 Å². The van der Waals surface area contributed by atoms with Gasteiger partial charge in [0.15, 0.2) is 5.79 Å². The molecule has 1 aromatic carbocycles. The molecule has 5 nitrogen and oxygen atoms in total. The summed E-state index contributed by atoms with van der Waals surface area (Å²) < 4.78 is 10.7. The van der Waals surface area contributed by atoms with Crippen molar-refractivity contribution in [2.45, 2.75) is 44.1 Å². The third kappa shape index (κ3) is 3.13. The smallest absolute Gasteiger partial charge is 0.194 e. The van der Waals surface area contributed by atoms with Gasteiger partial charge in [-0.3, -0.25) is 0 Å². The fraction of sp³-hybridized carbons (Fsp3) is 0.571.